The summed E-state index contributed by atoms with van der Waals surface area (Å²) >= 11 is 0. The number of allylic oxidation sites excluding steroid dienone is 1. The molecule has 188 valence electrons. The number of hydrogen-bond acceptors (Lipinski definition) is 3. The zero-order valence-corrected chi connectivity index (χ0v) is 21.9. The zero-order valence-electron chi connectivity index (χ0n) is 21.9. The van der Waals surface area contributed by atoms with Crippen molar-refractivity contribution in [3.8, 4) is 0 Å². The van der Waals surface area contributed by atoms with Crippen molar-refractivity contribution in [2.24, 2.45) is 23.7 Å². The van der Waals surface area contributed by atoms with Crippen molar-refractivity contribution in [3.05, 3.63) is 52.6 Å². The lowest BCUT2D eigenvalue weighted by Gasteiger charge is -2.33. The molecule has 1 aromatic carbocycles. The number of esters is 1. The van der Waals surface area contributed by atoms with Gasteiger partial charge in [0.15, 0.2) is 0 Å². The van der Waals surface area contributed by atoms with E-state index in [2.05, 4.69) is 51.6 Å². The van der Waals surface area contributed by atoms with Gasteiger partial charge in [-0.2, -0.15) is 0 Å². The second-order valence-corrected chi connectivity index (χ2v) is 11.1. The highest BCUT2D eigenvalue weighted by atomic mass is 16.5. The number of carbonyl (C=O) groups is 1. The minimum absolute atomic E-state index is 0.0265. The fraction of sp³-hybridized carbons (Fsp3) is 0.645. The Morgan fingerprint density at radius 3 is 2.53 bits per heavy atom. The van der Waals surface area contributed by atoms with E-state index in [4.69, 9.17) is 4.74 Å². The van der Waals surface area contributed by atoms with E-state index in [0.29, 0.717) is 29.9 Å². The molecule has 1 fully saturated rings. The number of hydrogen-bond donors (Lipinski definition) is 1. The third kappa shape index (κ3) is 7.07. The molecule has 1 aromatic rings. The summed E-state index contributed by atoms with van der Waals surface area (Å²) in [4.78, 5) is 11.7. The molecule has 0 spiro atoms. The van der Waals surface area contributed by atoms with Crippen LogP contribution in [-0.2, 0) is 16.0 Å². The highest BCUT2D eigenvalue weighted by molar-refractivity contribution is 5.86. The van der Waals surface area contributed by atoms with Gasteiger partial charge in [0, 0.05) is 18.1 Å². The Morgan fingerprint density at radius 1 is 1.15 bits per heavy atom. The molecule has 34 heavy (non-hydrogen) atoms. The maximum absolute atomic E-state index is 11.7. The molecule has 0 heterocycles. The fourth-order valence-electron chi connectivity index (χ4n) is 5.67. The Kier molecular flexibility index (Phi) is 10.0. The van der Waals surface area contributed by atoms with E-state index in [1.807, 2.05) is 0 Å². The van der Waals surface area contributed by atoms with Crippen molar-refractivity contribution in [2.75, 3.05) is 13.2 Å². The van der Waals surface area contributed by atoms with Crippen molar-refractivity contribution < 1.29 is 14.6 Å². The van der Waals surface area contributed by atoms with Crippen LogP contribution in [0.25, 0.3) is 6.08 Å². The number of ether oxygens (including phenoxy) is 1. The summed E-state index contributed by atoms with van der Waals surface area (Å²) in [6.45, 7) is 12.7. The molecule has 3 unspecified atom stereocenters. The van der Waals surface area contributed by atoms with E-state index in [1.165, 1.54) is 48.8 Å². The molecular weight excluding hydrogens is 420 g/mol. The first-order valence-corrected chi connectivity index (χ1v) is 13.6. The van der Waals surface area contributed by atoms with E-state index in [9.17, 15) is 9.90 Å². The molecule has 0 amide bonds. The van der Waals surface area contributed by atoms with E-state index in [0.717, 1.165) is 31.6 Å². The van der Waals surface area contributed by atoms with Crippen LogP contribution < -0.4 is 0 Å². The van der Waals surface area contributed by atoms with Crippen molar-refractivity contribution >= 4 is 12.0 Å². The molecule has 0 bridgehead atoms. The Bertz CT molecular complexity index is 859. The number of carbonyl (C=O) groups excluding carboxylic acids is 1. The molecule has 1 N–H and O–H groups in total. The highest BCUT2D eigenvalue weighted by Crippen LogP contribution is 2.40. The van der Waals surface area contributed by atoms with Gasteiger partial charge in [-0.3, -0.25) is 0 Å². The van der Waals surface area contributed by atoms with Gasteiger partial charge < -0.3 is 9.84 Å². The molecule has 3 atom stereocenters. The van der Waals surface area contributed by atoms with Crippen molar-refractivity contribution in [1.29, 1.82) is 0 Å². The first-order chi connectivity index (χ1) is 16.3. The van der Waals surface area contributed by atoms with Crippen LogP contribution in [0.3, 0.4) is 0 Å². The second-order valence-electron chi connectivity index (χ2n) is 11.1. The Morgan fingerprint density at radius 2 is 1.88 bits per heavy atom. The first kappa shape index (κ1) is 26.7. The molecule has 0 aliphatic heterocycles. The largest absolute Gasteiger partial charge is 0.462 e. The van der Waals surface area contributed by atoms with Gasteiger partial charge in [-0.15, -0.1) is 0 Å². The lowest BCUT2D eigenvalue weighted by Crippen LogP contribution is -2.28. The predicted molar refractivity (Wildman–Crippen MR) is 142 cm³/mol. The summed E-state index contributed by atoms with van der Waals surface area (Å²) < 4.78 is 5.34. The van der Waals surface area contributed by atoms with Gasteiger partial charge in [-0.25, -0.2) is 4.79 Å². The van der Waals surface area contributed by atoms with Crippen molar-refractivity contribution in [2.45, 2.75) is 91.4 Å². The first-order valence-electron chi connectivity index (χ1n) is 13.6. The van der Waals surface area contributed by atoms with Gasteiger partial charge in [-0.05, 0) is 92.2 Å². The van der Waals surface area contributed by atoms with Gasteiger partial charge in [-0.1, -0.05) is 70.0 Å². The van der Waals surface area contributed by atoms with Gasteiger partial charge in [0.1, 0.15) is 0 Å². The minimum Gasteiger partial charge on any atom is -0.462 e. The summed E-state index contributed by atoms with van der Waals surface area (Å²) in [5, 5.41) is 9.86. The standard InChI is InChI=1S/C31H46O3/c1-6-22(4)7-8-23(5)26-13-14-29-18-27(15-16-28(29)17-26)24-9-11-25(12-10-24)30(19-32)20-34-31(33)21(2)3/h15-18,22-25,30,32H,2,6-14,19-20H2,1,3-5H3. The van der Waals surface area contributed by atoms with Crippen molar-refractivity contribution in [1.82, 2.24) is 0 Å². The number of fused-ring (bicyclic) bond motifs is 1. The summed E-state index contributed by atoms with van der Waals surface area (Å²) in [7, 11) is 0. The van der Waals surface area contributed by atoms with E-state index in [-0.39, 0.29) is 18.5 Å². The van der Waals surface area contributed by atoms with Crippen LogP contribution in [0.1, 0.15) is 102 Å². The van der Waals surface area contributed by atoms with E-state index in [1.54, 1.807) is 12.5 Å². The minimum atomic E-state index is -0.358. The quantitative estimate of drug-likeness (QED) is 0.272. The molecule has 3 nitrogen and oxygen atoms in total. The van der Waals surface area contributed by atoms with Crippen molar-refractivity contribution in [3.63, 3.8) is 0 Å². The smallest absolute Gasteiger partial charge is 0.333 e. The van der Waals surface area contributed by atoms with Crippen LogP contribution in [0.2, 0.25) is 0 Å². The SMILES string of the molecule is C=C(C)C(=O)OCC(CO)C1CCC(c2ccc3c(c2)CCC(C(C)CCC(C)CC)=C3)CC1. The lowest BCUT2D eigenvalue weighted by atomic mass is 9.73. The maximum Gasteiger partial charge on any atom is 0.333 e. The summed E-state index contributed by atoms with van der Waals surface area (Å²) in [6, 6.07) is 7.17. The summed E-state index contributed by atoms with van der Waals surface area (Å²) in [5.74, 6) is 2.20. The summed E-state index contributed by atoms with van der Waals surface area (Å²) in [5.41, 5.74) is 6.46. The second kappa shape index (κ2) is 12.7. The monoisotopic (exact) mass is 466 g/mol. The van der Waals surface area contributed by atoms with Crippen LogP contribution >= 0.6 is 0 Å². The summed E-state index contributed by atoms with van der Waals surface area (Å²) in [6.07, 6.45) is 13.2. The zero-order chi connectivity index (χ0) is 24.7. The maximum atomic E-state index is 11.7. The van der Waals surface area contributed by atoms with Gasteiger partial charge in [0.05, 0.1) is 6.61 Å². The molecule has 2 aliphatic rings. The van der Waals surface area contributed by atoms with Gasteiger partial charge in [0.2, 0.25) is 0 Å². The van der Waals surface area contributed by atoms with Crippen LogP contribution in [0, 0.1) is 23.7 Å². The Balaban J connectivity index is 1.55. The lowest BCUT2D eigenvalue weighted by molar-refractivity contribution is -0.141. The van der Waals surface area contributed by atoms with Crippen LogP contribution in [0.5, 0.6) is 0 Å². The topological polar surface area (TPSA) is 46.5 Å². The molecule has 0 radical (unpaired) electrons. The van der Waals surface area contributed by atoms with Gasteiger partial charge in [0.25, 0.3) is 0 Å². The molecule has 1 saturated carbocycles. The molecule has 3 heteroatoms. The number of aryl methyl sites for hydroxylation is 1. The van der Waals surface area contributed by atoms with Crippen LogP contribution in [0.4, 0.5) is 0 Å². The highest BCUT2D eigenvalue weighted by Gasteiger charge is 2.29. The number of aliphatic hydroxyl groups is 1. The number of benzene rings is 1. The van der Waals surface area contributed by atoms with E-state index >= 15 is 0 Å². The fourth-order valence-corrected chi connectivity index (χ4v) is 5.67. The molecule has 3 rings (SSSR count). The van der Waals surface area contributed by atoms with Crippen LogP contribution in [0.15, 0.2) is 35.9 Å². The van der Waals surface area contributed by atoms with E-state index < -0.39 is 0 Å². The Labute approximate surface area is 207 Å². The number of rotatable bonds is 11. The van der Waals surface area contributed by atoms with Crippen LogP contribution in [-0.4, -0.2) is 24.3 Å². The molecular formula is C31H46O3. The number of aliphatic hydroxyl groups excluding tert-OH is 1. The average molecular weight is 467 g/mol. The van der Waals surface area contributed by atoms with Gasteiger partial charge >= 0.3 is 5.97 Å². The third-order valence-corrected chi connectivity index (χ3v) is 8.53. The average Bonchev–Trinajstić information content (AvgIpc) is 2.86. The third-order valence-electron chi connectivity index (χ3n) is 8.53. The molecule has 2 aliphatic carbocycles. The Hall–Kier alpha value is -1.87. The normalized spacial score (nSPS) is 22.8. The predicted octanol–water partition coefficient (Wildman–Crippen LogP) is 7.48. The molecule has 0 saturated heterocycles. The molecule has 0 aromatic heterocycles.